The number of carbonyl (C=O) groups excluding carboxylic acids is 3. The summed E-state index contributed by atoms with van der Waals surface area (Å²) in [7, 11) is 2.90. The number of rotatable bonds is 9. The zero-order chi connectivity index (χ0) is 30.1. The summed E-state index contributed by atoms with van der Waals surface area (Å²) in [5.41, 5.74) is -2.57. The summed E-state index contributed by atoms with van der Waals surface area (Å²) in [4.78, 5) is 48.4. The number of hydrogen-bond acceptors (Lipinski definition) is 11. The number of ether oxygens (including phenoxy) is 2. The Morgan fingerprint density at radius 3 is 1.76 bits per heavy atom. The van der Waals surface area contributed by atoms with Gasteiger partial charge in [0.1, 0.15) is 35.1 Å². The molecule has 222 valence electrons. The molecule has 0 fully saturated rings. The number of amides is 2. The Labute approximate surface area is 267 Å². The van der Waals surface area contributed by atoms with E-state index in [1.807, 2.05) is 0 Å². The van der Waals surface area contributed by atoms with Crippen LogP contribution in [-0.2, 0) is 33.5 Å². The first-order valence-corrected chi connectivity index (χ1v) is 15.1. The Morgan fingerprint density at radius 2 is 1.32 bits per heavy atom. The molecule has 2 aliphatic carbocycles. The topological polar surface area (TPSA) is 177 Å². The monoisotopic (exact) mass is 828 g/mol. The number of nitrogens with one attached hydrogen (secondary N) is 2. The van der Waals surface area contributed by atoms with Crippen LogP contribution >= 0.6 is 63.7 Å². The van der Waals surface area contributed by atoms with Crippen LogP contribution in [-0.4, -0.2) is 90.0 Å². The maximum absolute atomic E-state index is 12.6. The van der Waals surface area contributed by atoms with E-state index in [9.17, 15) is 24.6 Å². The molecule has 2 aliphatic heterocycles. The number of nitrogens with zero attached hydrogens (tertiary/aromatic N) is 2. The first-order chi connectivity index (χ1) is 19.4. The van der Waals surface area contributed by atoms with Gasteiger partial charge in [-0.25, -0.2) is 0 Å². The number of carbonyl (C=O) groups is 3. The molecule has 0 saturated heterocycles. The van der Waals surface area contributed by atoms with E-state index in [1.165, 1.54) is 14.2 Å². The fourth-order valence-electron chi connectivity index (χ4n) is 4.42. The van der Waals surface area contributed by atoms with Gasteiger partial charge in [0.2, 0.25) is 0 Å². The highest BCUT2D eigenvalue weighted by Crippen LogP contribution is 2.45. The number of ketones is 1. The second-order valence-electron chi connectivity index (χ2n) is 9.30. The molecule has 0 radical (unpaired) electrons. The summed E-state index contributed by atoms with van der Waals surface area (Å²) in [5, 5.41) is 34.1. The van der Waals surface area contributed by atoms with E-state index in [1.54, 1.807) is 12.2 Å². The molecule has 0 bridgehead atoms. The molecule has 2 spiro atoms. The van der Waals surface area contributed by atoms with Gasteiger partial charge >= 0.3 is 0 Å². The highest BCUT2D eigenvalue weighted by molar-refractivity contribution is 9.12. The van der Waals surface area contributed by atoms with E-state index in [0.717, 1.165) is 0 Å². The summed E-state index contributed by atoms with van der Waals surface area (Å²) in [6.45, 7) is -0.319. The smallest absolute Gasteiger partial charge is 0.269 e. The average Bonchev–Trinajstić information content (AvgIpc) is 3.56. The molecule has 0 aromatic rings. The van der Waals surface area contributed by atoms with Crippen molar-refractivity contribution in [1.82, 2.24) is 10.6 Å². The molecule has 0 aromatic carbocycles. The number of Topliss-reactive ketones (excluding diaryl/α,β-unsaturated/α-hetero) is 1. The summed E-state index contributed by atoms with van der Waals surface area (Å²) in [5.74, 6) is -0.752. The van der Waals surface area contributed by atoms with Crippen molar-refractivity contribution in [3.8, 4) is 0 Å². The Morgan fingerprint density at radius 1 is 0.878 bits per heavy atom. The normalized spacial score (nSPS) is 28.9. The third-order valence-corrected chi connectivity index (χ3v) is 9.39. The van der Waals surface area contributed by atoms with Crippen LogP contribution in [0.4, 0.5) is 0 Å². The van der Waals surface area contributed by atoms with Crippen LogP contribution in [0.3, 0.4) is 0 Å². The van der Waals surface area contributed by atoms with Crippen molar-refractivity contribution in [2.24, 2.45) is 10.3 Å². The maximum Gasteiger partial charge on any atom is 0.269 e. The van der Waals surface area contributed by atoms with Gasteiger partial charge in [-0.15, -0.1) is 0 Å². The Kier molecular flexibility index (Phi) is 9.85. The van der Waals surface area contributed by atoms with Crippen molar-refractivity contribution < 1.29 is 43.7 Å². The number of aliphatic hydroxyl groups is 2. The molecule has 0 aromatic heterocycles. The van der Waals surface area contributed by atoms with E-state index in [-0.39, 0.29) is 49.6 Å². The number of aliphatic hydroxyl groups excluding tert-OH is 2. The molecule has 4 N–H and O–H groups in total. The molecule has 0 saturated carbocycles. The Bertz CT molecular complexity index is 1360. The first-order valence-electron chi connectivity index (χ1n) is 12.0. The number of methoxy groups -OCH3 is 2. The molecule has 17 heteroatoms. The molecule has 4 rings (SSSR count). The average molecular weight is 832 g/mol. The summed E-state index contributed by atoms with van der Waals surface area (Å²) in [6.07, 6.45) is 0.674. The van der Waals surface area contributed by atoms with Crippen LogP contribution in [0.5, 0.6) is 0 Å². The van der Waals surface area contributed by atoms with E-state index in [2.05, 4.69) is 84.7 Å². The van der Waals surface area contributed by atoms with Crippen LogP contribution in [0.1, 0.15) is 19.3 Å². The predicted octanol–water partition coefficient (Wildman–Crippen LogP) is 2.02. The van der Waals surface area contributed by atoms with Crippen LogP contribution in [0.2, 0.25) is 0 Å². The van der Waals surface area contributed by atoms with Gasteiger partial charge in [0, 0.05) is 25.8 Å². The minimum atomic E-state index is -1.32. The van der Waals surface area contributed by atoms with Crippen molar-refractivity contribution >= 4 is 92.7 Å². The van der Waals surface area contributed by atoms with Crippen molar-refractivity contribution in [2.75, 3.05) is 27.3 Å². The fourth-order valence-corrected chi connectivity index (χ4v) is 8.01. The van der Waals surface area contributed by atoms with E-state index in [0.29, 0.717) is 29.4 Å². The predicted molar refractivity (Wildman–Crippen MR) is 159 cm³/mol. The first kappa shape index (κ1) is 31.9. The van der Waals surface area contributed by atoms with Gasteiger partial charge < -0.3 is 40.0 Å². The van der Waals surface area contributed by atoms with Crippen molar-refractivity contribution in [3.63, 3.8) is 0 Å². The third kappa shape index (κ3) is 6.20. The second-order valence-corrected chi connectivity index (χ2v) is 12.7. The van der Waals surface area contributed by atoms with Gasteiger partial charge in [0.25, 0.3) is 11.8 Å². The van der Waals surface area contributed by atoms with Crippen LogP contribution < -0.4 is 10.6 Å². The lowest BCUT2D eigenvalue weighted by Crippen LogP contribution is -2.45. The van der Waals surface area contributed by atoms with E-state index in [4.69, 9.17) is 19.1 Å². The molecule has 4 atom stereocenters. The molecule has 13 nitrogen and oxygen atoms in total. The zero-order valence-corrected chi connectivity index (χ0v) is 27.8. The van der Waals surface area contributed by atoms with Gasteiger partial charge in [-0.2, -0.15) is 0 Å². The third-order valence-electron chi connectivity index (χ3n) is 6.62. The molecule has 2 amide bonds. The highest BCUT2D eigenvalue weighted by Gasteiger charge is 2.51. The van der Waals surface area contributed by atoms with Crippen molar-refractivity contribution in [2.45, 2.75) is 42.7 Å². The van der Waals surface area contributed by atoms with Crippen LogP contribution in [0.15, 0.2) is 51.9 Å². The molecule has 41 heavy (non-hydrogen) atoms. The Balaban J connectivity index is 1.21. The lowest BCUT2D eigenvalue weighted by molar-refractivity contribution is -0.122. The van der Waals surface area contributed by atoms with E-state index < -0.39 is 35.2 Å². The number of allylic oxidation sites excluding steroid dienone is 2. The number of oxime groups is 2. The molecule has 0 unspecified atom stereocenters. The van der Waals surface area contributed by atoms with Gasteiger partial charge in [0.05, 0.1) is 38.7 Å². The van der Waals surface area contributed by atoms with Gasteiger partial charge in [0.15, 0.2) is 17.0 Å². The zero-order valence-electron chi connectivity index (χ0n) is 21.5. The molecule has 4 aliphatic rings. The van der Waals surface area contributed by atoms with Crippen molar-refractivity contribution in [1.29, 1.82) is 0 Å². The number of halogens is 4. The van der Waals surface area contributed by atoms with Crippen LogP contribution in [0.25, 0.3) is 0 Å². The minimum absolute atomic E-state index is 0.000678. The molecular weight excluding hydrogens is 808 g/mol. The highest BCUT2D eigenvalue weighted by atomic mass is 79.9. The second kappa shape index (κ2) is 12.7. The summed E-state index contributed by atoms with van der Waals surface area (Å²) >= 11 is 13.3. The minimum Gasteiger partial charge on any atom is -0.495 e. The largest absolute Gasteiger partial charge is 0.495 e. The van der Waals surface area contributed by atoms with E-state index >= 15 is 0 Å². The van der Waals surface area contributed by atoms with Crippen LogP contribution in [0, 0.1) is 0 Å². The van der Waals surface area contributed by atoms with Gasteiger partial charge in [-0.3, -0.25) is 14.4 Å². The summed E-state index contributed by atoms with van der Waals surface area (Å²) in [6, 6.07) is 0. The molecule has 2 heterocycles. The van der Waals surface area contributed by atoms with Gasteiger partial charge in [-0.1, -0.05) is 10.3 Å². The summed E-state index contributed by atoms with van der Waals surface area (Å²) < 4.78 is 12.2. The Hall–Kier alpha value is -2.05. The molecular formula is C24H24Br4N4O9. The standard InChI is InChI=1S/C24H24Br4N4O9/c1-38-17-11(25)5-23(19(34)15(17)27)7-13(31-40-23)21(36)29-4-3-10(33)9-30-22(37)14-8-24(41-32-14)6-12(26)18(39-2)16(28)20(24)35/h5-6,19-20,34-35H,3-4,7-9H2,1-2H3,(H,29,36)(H,30,37)/t19-,20+,23+,24-/m1/s1. The van der Waals surface area contributed by atoms with Gasteiger partial charge in [-0.05, 0) is 75.9 Å². The lowest BCUT2D eigenvalue weighted by atomic mass is 9.87. The lowest BCUT2D eigenvalue weighted by Gasteiger charge is -2.33. The quantitative estimate of drug-likeness (QED) is 0.271. The number of hydrogen-bond donors (Lipinski definition) is 4. The fraction of sp³-hybridized carbons (Fsp3) is 0.458. The van der Waals surface area contributed by atoms with Crippen molar-refractivity contribution in [3.05, 3.63) is 41.6 Å². The maximum atomic E-state index is 12.6. The SMILES string of the molecule is COC1=C(Br)[C@@H](O)[C@]2(C=C1Br)CC(C(=O)NCCC(=O)CNC(=O)C1=NO[C@]3(C=C(Br)C(OC)=C(Br)[C@@H]3O)C1)=NO2.